The molecule has 20 heavy (non-hydrogen) atoms. The van der Waals surface area contributed by atoms with E-state index in [1.54, 1.807) is 0 Å². The number of fused-ring (bicyclic) bond motifs is 1. The topological polar surface area (TPSA) is 15.3 Å². The van der Waals surface area contributed by atoms with E-state index in [1.807, 2.05) is 6.07 Å². The highest BCUT2D eigenvalue weighted by atomic mass is 79.9. The van der Waals surface area contributed by atoms with Gasteiger partial charge in [-0.1, -0.05) is 40.2 Å². The zero-order valence-corrected chi connectivity index (χ0v) is 13.2. The summed E-state index contributed by atoms with van der Waals surface area (Å²) in [6, 6.07) is 17.7. The van der Waals surface area contributed by atoms with Crippen LogP contribution < -0.4 is 10.2 Å². The number of nitrogens with zero attached hydrogens (tertiary/aromatic N) is 1. The molecule has 1 aliphatic rings. The molecule has 3 heteroatoms. The van der Waals surface area contributed by atoms with E-state index < -0.39 is 0 Å². The highest BCUT2D eigenvalue weighted by molar-refractivity contribution is 9.10. The number of hydrogen-bond acceptors (Lipinski definition) is 2. The van der Waals surface area contributed by atoms with Crippen molar-refractivity contribution in [2.75, 3.05) is 23.3 Å². The summed E-state index contributed by atoms with van der Waals surface area (Å²) in [6.07, 6.45) is 1.16. The number of para-hydroxylation sites is 1. The lowest BCUT2D eigenvalue weighted by molar-refractivity contribution is 0.681. The van der Waals surface area contributed by atoms with Crippen molar-refractivity contribution in [1.29, 1.82) is 0 Å². The lowest BCUT2D eigenvalue weighted by Gasteiger charge is -2.25. The van der Waals surface area contributed by atoms with E-state index in [1.165, 1.54) is 16.9 Å². The summed E-state index contributed by atoms with van der Waals surface area (Å²) in [6.45, 7) is 4.29. The van der Waals surface area contributed by atoms with E-state index in [-0.39, 0.29) is 0 Å². The Hall–Kier alpha value is -1.48. The molecule has 1 N–H and O–H groups in total. The first-order chi connectivity index (χ1) is 9.74. The van der Waals surface area contributed by atoms with E-state index in [0.29, 0.717) is 6.04 Å². The Bertz CT molecular complexity index is 597. The van der Waals surface area contributed by atoms with Gasteiger partial charge in [0.05, 0.1) is 0 Å². The van der Waals surface area contributed by atoms with Crippen LogP contribution in [0.4, 0.5) is 11.4 Å². The van der Waals surface area contributed by atoms with Crippen molar-refractivity contribution in [1.82, 2.24) is 0 Å². The van der Waals surface area contributed by atoms with Crippen LogP contribution in [0.25, 0.3) is 0 Å². The first-order valence-corrected chi connectivity index (χ1v) is 7.87. The van der Waals surface area contributed by atoms with E-state index in [9.17, 15) is 0 Å². The number of anilines is 2. The summed E-state index contributed by atoms with van der Waals surface area (Å²) in [7, 11) is 0. The van der Waals surface area contributed by atoms with E-state index >= 15 is 0 Å². The molecule has 0 aliphatic carbocycles. The Morgan fingerprint density at radius 3 is 2.90 bits per heavy atom. The van der Waals surface area contributed by atoms with Crippen LogP contribution >= 0.6 is 15.9 Å². The molecular formula is C17H19BrN2. The van der Waals surface area contributed by atoms with Crippen LogP contribution in [-0.4, -0.2) is 19.1 Å². The molecule has 0 saturated heterocycles. The Morgan fingerprint density at radius 1 is 1.20 bits per heavy atom. The third kappa shape index (κ3) is 2.83. The minimum absolute atomic E-state index is 0.594. The quantitative estimate of drug-likeness (QED) is 0.898. The van der Waals surface area contributed by atoms with E-state index in [2.05, 4.69) is 75.5 Å². The van der Waals surface area contributed by atoms with E-state index in [4.69, 9.17) is 0 Å². The second kappa shape index (κ2) is 5.88. The van der Waals surface area contributed by atoms with Crippen molar-refractivity contribution < 1.29 is 0 Å². The van der Waals surface area contributed by atoms with Gasteiger partial charge in [-0.3, -0.25) is 0 Å². The molecule has 0 bridgehead atoms. The fourth-order valence-electron chi connectivity index (χ4n) is 2.89. The van der Waals surface area contributed by atoms with Gasteiger partial charge in [-0.25, -0.2) is 0 Å². The van der Waals surface area contributed by atoms with Gasteiger partial charge in [0, 0.05) is 35.0 Å². The smallest absolute Gasteiger partial charge is 0.0402 e. The van der Waals surface area contributed by atoms with Crippen LogP contribution in [0.15, 0.2) is 53.0 Å². The molecule has 0 aromatic heterocycles. The summed E-state index contributed by atoms with van der Waals surface area (Å²) in [4.78, 5) is 2.50. The van der Waals surface area contributed by atoms with Gasteiger partial charge in [0.15, 0.2) is 0 Å². The minimum atomic E-state index is 0.594. The molecule has 2 aromatic rings. The average molecular weight is 331 g/mol. The monoisotopic (exact) mass is 330 g/mol. The number of halogens is 1. The zero-order valence-electron chi connectivity index (χ0n) is 11.6. The summed E-state index contributed by atoms with van der Waals surface area (Å²) in [5.74, 6) is 0. The molecule has 2 aromatic carbocycles. The largest absolute Gasteiger partial charge is 0.383 e. The molecule has 0 radical (unpaired) electrons. The maximum Gasteiger partial charge on any atom is 0.0402 e. The summed E-state index contributed by atoms with van der Waals surface area (Å²) >= 11 is 3.50. The standard InChI is InChI=1S/C17H19BrN2/c1-13-11-14-5-2-3-8-17(14)20(13)10-9-19-16-7-4-6-15(18)12-16/h2-8,12-13,19H,9-11H2,1H3. The molecule has 1 unspecified atom stereocenters. The highest BCUT2D eigenvalue weighted by Gasteiger charge is 2.24. The van der Waals surface area contributed by atoms with Crippen LogP contribution in [0.5, 0.6) is 0 Å². The molecule has 0 saturated carbocycles. The van der Waals surface area contributed by atoms with Gasteiger partial charge in [0.1, 0.15) is 0 Å². The van der Waals surface area contributed by atoms with Gasteiger partial charge in [0.25, 0.3) is 0 Å². The van der Waals surface area contributed by atoms with Gasteiger partial charge in [-0.05, 0) is 43.2 Å². The van der Waals surface area contributed by atoms with E-state index in [0.717, 1.165) is 24.0 Å². The predicted molar refractivity (Wildman–Crippen MR) is 89.6 cm³/mol. The minimum Gasteiger partial charge on any atom is -0.383 e. The Balaban J connectivity index is 1.62. The summed E-state index contributed by atoms with van der Waals surface area (Å²) in [5, 5.41) is 3.49. The molecule has 1 heterocycles. The van der Waals surface area contributed by atoms with Gasteiger partial charge < -0.3 is 10.2 Å². The second-order valence-electron chi connectivity index (χ2n) is 5.31. The molecule has 1 atom stereocenters. The molecule has 104 valence electrons. The number of hydrogen-bond donors (Lipinski definition) is 1. The molecule has 2 nitrogen and oxygen atoms in total. The van der Waals surface area contributed by atoms with Crippen molar-refractivity contribution in [2.45, 2.75) is 19.4 Å². The van der Waals surface area contributed by atoms with Crippen LogP contribution in [0.3, 0.4) is 0 Å². The normalized spacial score (nSPS) is 17.1. The number of benzene rings is 2. The lowest BCUT2D eigenvalue weighted by atomic mass is 10.1. The van der Waals surface area contributed by atoms with Crippen LogP contribution in [-0.2, 0) is 6.42 Å². The fourth-order valence-corrected chi connectivity index (χ4v) is 3.29. The molecule has 0 amide bonds. The van der Waals surface area contributed by atoms with Gasteiger partial charge in [-0.2, -0.15) is 0 Å². The molecule has 0 fully saturated rings. The predicted octanol–water partition coefficient (Wildman–Crippen LogP) is 4.31. The summed E-state index contributed by atoms with van der Waals surface area (Å²) < 4.78 is 1.11. The number of nitrogens with one attached hydrogen (secondary N) is 1. The van der Waals surface area contributed by atoms with Crippen molar-refractivity contribution in [3.05, 3.63) is 58.6 Å². The SMILES string of the molecule is CC1Cc2ccccc2N1CCNc1cccc(Br)c1. The van der Waals surface area contributed by atoms with Crippen molar-refractivity contribution in [2.24, 2.45) is 0 Å². The Morgan fingerprint density at radius 2 is 2.05 bits per heavy atom. The fraction of sp³-hybridized carbons (Fsp3) is 0.294. The maximum absolute atomic E-state index is 3.50. The maximum atomic E-state index is 3.50. The Kier molecular flexibility index (Phi) is 3.97. The van der Waals surface area contributed by atoms with Crippen LogP contribution in [0.2, 0.25) is 0 Å². The third-order valence-corrected chi connectivity index (χ3v) is 4.35. The highest BCUT2D eigenvalue weighted by Crippen LogP contribution is 2.31. The van der Waals surface area contributed by atoms with Crippen molar-refractivity contribution in [3.8, 4) is 0 Å². The zero-order chi connectivity index (χ0) is 13.9. The first kappa shape index (κ1) is 13.5. The molecular weight excluding hydrogens is 312 g/mol. The Labute approximate surface area is 128 Å². The van der Waals surface area contributed by atoms with Crippen LogP contribution in [0.1, 0.15) is 12.5 Å². The van der Waals surface area contributed by atoms with Crippen molar-refractivity contribution >= 4 is 27.3 Å². The molecule has 0 spiro atoms. The lowest BCUT2D eigenvalue weighted by Crippen LogP contribution is -2.33. The molecule has 1 aliphatic heterocycles. The van der Waals surface area contributed by atoms with Crippen molar-refractivity contribution in [3.63, 3.8) is 0 Å². The van der Waals surface area contributed by atoms with Gasteiger partial charge in [0.2, 0.25) is 0 Å². The first-order valence-electron chi connectivity index (χ1n) is 7.08. The third-order valence-electron chi connectivity index (χ3n) is 3.85. The number of rotatable bonds is 4. The van der Waals surface area contributed by atoms with Crippen LogP contribution in [0, 0.1) is 0 Å². The van der Waals surface area contributed by atoms with Gasteiger partial charge in [-0.15, -0.1) is 0 Å². The second-order valence-corrected chi connectivity index (χ2v) is 6.23. The summed E-state index contributed by atoms with van der Waals surface area (Å²) in [5.41, 5.74) is 4.04. The molecule has 3 rings (SSSR count). The average Bonchev–Trinajstić information content (AvgIpc) is 2.75. The van der Waals surface area contributed by atoms with Gasteiger partial charge >= 0.3 is 0 Å².